The third kappa shape index (κ3) is 4.45. The van der Waals surface area contributed by atoms with Crippen LogP contribution >= 0.6 is 0 Å². The number of rotatable bonds is 4. The molecule has 0 aliphatic carbocycles. The Bertz CT molecular complexity index is 816. The number of carboxylic acid groups (broad SMARTS) is 1. The highest BCUT2D eigenvalue weighted by Crippen LogP contribution is 2.10. The first-order valence-electron chi connectivity index (χ1n) is 6.36. The Hall–Kier alpha value is -2.62. The number of benzene rings is 2. The van der Waals surface area contributed by atoms with E-state index in [9.17, 15) is 13.2 Å². The number of hydrogen-bond acceptors (Lipinski definition) is 3. The molecular weight excluding hydrogens is 302 g/mol. The van der Waals surface area contributed by atoms with E-state index in [1.54, 1.807) is 12.1 Å². The van der Waals surface area contributed by atoms with Crippen molar-refractivity contribution in [2.24, 2.45) is 0 Å². The Morgan fingerprint density at radius 2 is 1.50 bits per heavy atom. The van der Waals surface area contributed by atoms with Gasteiger partial charge in [-0.25, -0.2) is 8.42 Å². The first-order valence-corrected chi connectivity index (χ1v) is 7.84. The fraction of sp³-hybridized carbons (Fsp3) is 0.0625. The van der Waals surface area contributed by atoms with E-state index in [1.165, 1.54) is 12.1 Å². The smallest absolute Gasteiger partial charge is 0.318 e. The van der Waals surface area contributed by atoms with Gasteiger partial charge in [0.25, 0.3) is 0 Å². The third-order valence-corrected chi connectivity index (χ3v) is 4.12. The lowest BCUT2D eigenvalue weighted by molar-refractivity contribution is -0.135. The van der Waals surface area contributed by atoms with Crippen molar-refractivity contribution in [1.82, 2.24) is 4.72 Å². The maximum Gasteiger partial charge on any atom is 0.318 e. The number of nitrogens with one attached hydrogen (secondary N) is 1. The Morgan fingerprint density at radius 3 is 2.05 bits per heavy atom. The van der Waals surface area contributed by atoms with Gasteiger partial charge in [-0.05, 0) is 36.4 Å². The SMILES string of the molecule is O=C(O)CNS(=O)(=O)c1ccc(C#Cc2ccccc2)cc1. The molecule has 0 aromatic heterocycles. The van der Waals surface area contributed by atoms with Gasteiger partial charge in [0.2, 0.25) is 10.0 Å². The topological polar surface area (TPSA) is 83.5 Å². The van der Waals surface area contributed by atoms with E-state index < -0.39 is 22.5 Å². The molecule has 0 aliphatic rings. The number of carbonyl (C=O) groups is 1. The Balaban J connectivity index is 2.14. The average Bonchev–Trinajstić information content (AvgIpc) is 2.52. The minimum Gasteiger partial charge on any atom is -0.480 e. The summed E-state index contributed by atoms with van der Waals surface area (Å²) in [4.78, 5) is 10.4. The predicted molar refractivity (Wildman–Crippen MR) is 81.7 cm³/mol. The molecule has 22 heavy (non-hydrogen) atoms. The number of sulfonamides is 1. The van der Waals surface area contributed by atoms with Gasteiger partial charge in [-0.15, -0.1) is 0 Å². The van der Waals surface area contributed by atoms with E-state index in [0.717, 1.165) is 5.56 Å². The maximum absolute atomic E-state index is 11.8. The van der Waals surface area contributed by atoms with Crippen molar-refractivity contribution >= 4 is 16.0 Å². The molecule has 0 atom stereocenters. The monoisotopic (exact) mass is 315 g/mol. The summed E-state index contributed by atoms with van der Waals surface area (Å²) >= 11 is 0. The summed E-state index contributed by atoms with van der Waals surface area (Å²) in [5.74, 6) is 4.66. The van der Waals surface area contributed by atoms with Crippen LogP contribution in [0.15, 0.2) is 59.5 Å². The van der Waals surface area contributed by atoms with Crippen molar-refractivity contribution in [3.63, 3.8) is 0 Å². The van der Waals surface area contributed by atoms with Crippen LogP contribution in [0.25, 0.3) is 0 Å². The zero-order valence-electron chi connectivity index (χ0n) is 11.5. The molecule has 0 saturated heterocycles. The highest BCUT2D eigenvalue weighted by atomic mass is 32.2. The lowest BCUT2D eigenvalue weighted by Crippen LogP contribution is -2.29. The molecule has 2 aromatic rings. The summed E-state index contributed by atoms with van der Waals surface area (Å²) in [6.07, 6.45) is 0. The highest BCUT2D eigenvalue weighted by Gasteiger charge is 2.14. The van der Waals surface area contributed by atoms with E-state index in [-0.39, 0.29) is 4.90 Å². The van der Waals surface area contributed by atoms with Gasteiger partial charge in [0, 0.05) is 11.1 Å². The van der Waals surface area contributed by atoms with Crippen LogP contribution in [-0.4, -0.2) is 26.0 Å². The second-order valence-corrected chi connectivity index (χ2v) is 6.13. The molecule has 112 valence electrons. The summed E-state index contributed by atoms with van der Waals surface area (Å²) in [6.45, 7) is -0.655. The molecule has 0 heterocycles. The number of hydrogen-bond donors (Lipinski definition) is 2. The van der Waals surface area contributed by atoms with Gasteiger partial charge in [-0.3, -0.25) is 4.79 Å². The van der Waals surface area contributed by atoms with Crippen LogP contribution in [-0.2, 0) is 14.8 Å². The molecule has 0 saturated carbocycles. The molecular formula is C16H13NO4S. The summed E-state index contributed by atoms with van der Waals surface area (Å²) in [7, 11) is -3.82. The van der Waals surface area contributed by atoms with Crippen molar-refractivity contribution < 1.29 is 18.3 Å². The molecule has 0 fully saturated rings. The summed E-state index contributed by atoms with van der Waals surface area (Å²) in [6, 6.07) is 15.3. The normalized spacial score (nSPS) is 10.5. The third-order valence-electron chi connectivity index (χ3n) is 2.70. The molecule has 0 amide bonds. The molecule has 2 aromatic carbocycles. The number of carboxylic acids is 1. The van der Waals surface area contributed by atoms with Crippen molar-refractivity contribution in [2.45, 2.75) is 4.90 Å². The molecule has 0 bridgehead atoms. The van der Waals surface area contributed by atoms with Gasteiger partial charge >= 0.3 is 5.97 Å². The van der Waals surface area contributed by atoms with E-state index in [1.807, 2.05) is 35.1 Å². The van der Waals surface area contributed by atoms with Gasteiger partial charge in [0.1, 0.15) is 6.54 Å². The molecule has 0 aliphatic heterocycles. The van der Waals surface area contributed by atoms with Crippen LogP contribution in [0.2, 0.25) is 0 Å². The maximum atomic E-state index is 11.8. The molecule has 6 heteroatoms. The summed E-state index contributed by atoms with van der Waals surface area (Å²) < 4.78 is 25.6. The molecule has 0 radical (unpaired) electrons. The van der Waals surface area contributed by atoms with Crippen LogP contribution in [0, 0.1) is 11.8 Å². The van der Waals surface area contributed by atoms with Crippen LogP contribution in [0.5, 0.6) is 0 Å². The van der Waals surface area contributed by atoms with Gasteiger partial charge in [-0.1, -0.05) is 30.0 Å². The first kappa shape index (κ1) is 15.8. The fourth-order valence-electron chi connectivity index (χ4n) is 1.62. The minimum absolute atomic E-state index is 0.000916. The highest BCUT2D eigenvalue weighted by molar-refractivity contribution is 7.89. The number of aliphatic carboxylic acids is 1. The lowest BCUT2D eigenvalue weighted by atomic mass is 10.2. The van der Waals surface area contributed by atoms with Crippen LogP contribution < -0.4 is 4.72 Å². The minimum atomic E-state index is -3.82. The molecule has 2 rings (SSSR count). The predicted octanol–water partition coefficient (Wildman–Crippen LogP) is 1.45. The summed E-state index contributed by atoms with van der Waals surface area (Å²) in [5, 5.41) is 8.50. The largest absolute Gasteiger partial charge is 0.480 e. The zero-order valence-corrected chi connectivity index (χ0v) is 12.3. The van der Waals surface area contributed by atoms with Gasteiger partial charge in [0.05, 0.1) is 4.90 Å². The van der Waals surface area contributed by atoms with Crippen molar-refractivity contribution in [3.8, 4) is 11.8 Å². The molecule has 0 unspecified atom stereocenters. The van der Waals surface area contributed by atoms with E-state index >= 15 is 0 Å². The molecule has 0 spiro atoms. The van der Waals surface area contributed by atoms with Crippen LogP contribution in [0.3, 0.4) is 0 Å². The van der Waals surface area contributed by atoms with Crippen LogP contribution in [0.4, 0.5) is 0 Å². The second-order valence-electron chi connectivity index (χ2n) is 4.36. The van der Waals surface area contributed by atoms with E-state index in [2.05, 4.69) is 11.8 Å². The lowest BCUT2D eigenvalue weighted by Gasteiger charge is -2.04. The van der Waals surface area contributed by atoms with Crippen LogP contribution in [0.1, 0.15) is 11.1 Å². The Labute approximate surface area is 128 Å². The van der Waals surface area contributed by atoms with Crippen molar-refractivity contribution in [3.05, 3.63) is 65.7 Å². The van der Waals surface area contributed by atoms with E-state index in [0.29, 0.717) is 5.56 Å². The summed E-state index contributed by atoms with van der Waals surface area (Å²) in [5.41, 5.74) is 1.53. The van der Waals surface area contributed by atoms with Crippen molar-refractivity contribution in [1.29, 1.82) is 0 Å². The second kappa shape index (κ2) is 6.89. The standard InChI is InChI=1S/C16H13NO4S/c18-16(19)12-17-22(20,21)15-10-8-14(9-11-15)7-6-13-4-2-1-3-5-13/h1-5,8-11,17H,12H2,(H,18,19). The average molecular weight is 315 g/mol. The Morgan fingerprint density at radius 1 is 0.955 bits per heavy atom. The first-order chi connectivity index (χ1) is 10.5. The van der Waals surface area contributed by atoms with E-state index in [4.69, 9.17) is 5.11 Å². The quantitative estimate of drug-likeness (QED) is 0.837. The fourth-order valence-corrected chi connectivity index (χ4v) is 2.60. The zero-order chi connectivity index (χ0) is 16.0. The molecule has 5 nitrogen and oxygen atoms in total. The molecule has 2 N–H and O–H groups in total. The van der Waals surface area contributed by atoms with Gasteiger partial charge < -0.3 is 5.11 Å². The van der Waals surface area contributed by atoms with Gasteiger partial charge in [0.15, 0.2) is 0 Å². The Kier molecular flexibility index (Phi) is 4.94. The van der Waals surface area contributed by atoms with Gasteiger partial charge in [-0.2, -0.15) is 4.72 Å². The van der Waals surface area contributed by atoms with Crippen molar-refractivity contribution in [2.75, 3.05) is 6.54 Å².